The van der Waals surface area contributed by atoms with E-state index in [-0.39, 0.29) is 24.1 Å². The van der Waals surface area contributed by atoms with Gasteiger partial charge in [-0.25, -0.2) is 0 Å². The van der Waals surface area contributed by atoms with Crippen LogP contribution in [0, 0.1) is 0 Å². The third-order valence-corrected chi connectivity index (χ3v) is 6.06. The zero-order chi connectivity index (χ0) is 17.6. The summed E-state index contributed by atoms with van der Waals surface area (Å²) in [6.07, 6.45) is 2.93. The van der Waals surface area contributed by atoms with E-state index in [2.05, 4.69) is 31.5 Å². The van der Waals surface area contributed by atoms with Crippen LogP contribution in [0.25, 0.3) is 0 Å². The first-order chi connectivity index (χ1) is 12.0. The van der Waals surface area contributed by atoms with Crippen molar-refractivity contribution in [2.45, 2.75) is 44.2 Å². The fourth-order valence-corrected chi connectivity index (χ4v) is 4.38. The molecule has 25 heavy (non-hydrogen) atoms. The van der Waals surface area contributed by atoms with Gasteiger partial charge in [0, 0.05) is 31.6 Å². The second-order valence-corrected chi connectivity index (χ2v) is 7.86. The number of benzene rings is 1. The number of rotatable bonds is 2. The lowest BCUT2D eigenvalue weighted by atomic mass is 9.88. The van der Waals surface area contributed by atoms with Crippen LogP contribution in [0.15, 0.2) is 18.2 Å². The van der Waals surface area contributed by atoms with Gasteiger partial charge < -0.3 is 4.90 Å². The number of imide groups is 1. The third-order valence-electron chi connectivity index (χ3n) is 5.55. The van der Waals surface area contributed by atoms with Crippen LogP contribution in [0.1, 0.15) is 53.1 Å². The lowest BCUT2D eigenvalue weighted by Gasteiger charge is -2.29. The van der Waals surface area contributed by atoms with E-state index in [0.29, 0.717) is 24.4 Å². The fraction of sp³-hybridized carbons (Fsp3) is 0.500. The normalized spacial score (nSPS) is 25.2. The topological polar surface area (TPSA) is 69.7 Å². The summed E-state index contributed by atoms with van der Waals surface area (Å²) in [5.74, 6) is -0.184. The van der Waals surface area contributed by atoms with Crippen molar-refractivity contribution in [2.24, 2.45) is 0 Å². The zero-order valence-electron chi connectivity index (χ0n) is 14.0. The molecule has 3 aliphatic rings. The van der Waals surface area contributed by atoms with Crippen molar-refractivity contribution in [3.63, 3.8) is 0 Å². The Morgan fingerprint density at radius 1 is 1.08 bits per heavy atom. The zero-order valence-corrected chi connectivity index (χ0v) is 15.2. The van der Waals surface area contributed by atoms with Gasteiger partial charge in [-0.2, -0.15) is 0 Å². The number of hydrogen-bond donors (Lipinski definition) is 1. The first-order valence-corrected chi connectivity index (χ1v) is 9.31. The number of nitrogens with one attached hydrogen (secondary N) is 1. The molecule has 2 fully saturated rings. The average Bonchev–Trinajstić information content (AvgIpc) is 2.92. The predicted octanol–water partition coefficient (Wildman–Crippen LogP) is 1.42. The highest BCUT2D eigenvalue weighted by molar-refractivity contribution is 7.13. The summed E-state index contributed by atoms with van der Waals surface area (Å²) in [5.41, 5.74) is 2.98. The summed E-state index contributed by atoms with van der Waals surface area (Å²) >= 11 is 0. The first-order valence-electron chi connectivity index (χ1n) is 8.80. The van der Waals surface area contributed by atoms with Crippen LogP contribution >= 0.6 is 9.39 Å². The van der Waals surface area contributed by atoms with Gasteiger partial charge in [-0.15, -0.1) is 0 Å². The Balaban J connectivity index is 1.53. The molecular weight excluding hydrogens is 337 g/mol. The van der Waals surface area contributed by atoms with Crippen LogP contribution in [0.4, 0.5) is 0 Å². The van der Waals surface area contributed by atoms with E-state index in [4.69, 9.17) is 0 Å². The molecule has 3 aliphatic heterocycles. The number of piperidine rings is 2. The molecule has 2 unspecified atom stereocenters. The van der Waals surface area contributed by atoms with E-state index in [0.717, 1.165) is 31.5 Å². The minimum absolute atomic E-state index is 0.101. The highest BCUT2D eigenvalue weighted by Gasteiger charge is 2.39. The van der Waals surface area contributed by atoms with Crippen molar-refractivity contribution >= 4 is 27.1 Å². The van der Waals surface area contributed by atoms with Crippen molar-refractivity contribution in [2.75, 3.05) is 13.1 Å². The van der Waals surface area contributed by atoms with Gasteiger partial charge in [0.1, 0.15) is 6.04 Å². The number of carbonyl (C=O) groups excluding carboxylic acids is 3. The molecule has 1 N–H and O–H groups in total. The Labute approximate surface area is 149 Å². The minimum Gasteiger partial charge on any atom is -0.322 e. The number of amides is 3. The molecule has 0 aromatic heterocycles. The summed E-state index contributed by atoms with van der Waals surface area (Å²) < 4.78 is 2.26. The highest BCUT2D eigenvalue weighted by atomic mass is 31.0. The summed E-state index contributed by atoms with van der Waals surface area (Å²) in [5, 5.41) is 2.34. The average molecular weight is 359 g/mol. The van der Waals surface area contributed by atoms with Gasteiger partial charge in [-0.1, -0.05) is 21.5 Å². The molecule has 0 aliphatic carbocycles. The molecule has 0 radical (unpaired) electrons. The molecule has 1 aromatic rings. The molecule has 2 atom stereocenters. The van der Waals surface area contributed by atoms with Crippen LogP contribution < -0.4 is 5.32 Å². The lowest BCUT2D eigenvalue weighted by molar-refractivity contribution is -0.136. The van der Waals surface area contributed by atoms with Crippen molar-refractivity contribution in [3.8, 4) is 0 Å². The van der Waals surface area contributed by atoms with Crippen LogP contribution in [0.2, 0.25) is 0 Å². The van der Waals surface area contributed by atoms with Gasteiger partial charge in [-0.05, 0) is 42.4 Å². The molecule has 0 saturated carbocycles. The fourth-order valence-electron chi connectivity index (χ4n) is 4.08. The van der Waals surface area contributed by atoms with E-state index < -0.39 is 6.04 Å². The van der Waals surface area contributed by atoms with E-state index in [1.165, 1.54) is 5.56 Å². The maximum atomic E-state index is 12.7. The molecule has 3 amide bonds. The number of nitrogens with zero attached hydrogens (tertiary/aromatic N) is 2. The lowest BCUT2D eigenvalue weighted by Crippen LogP contribution is -2.52. The van der Waals surface area contributed by atoms with Gasteiger partial charge in [-0.3, -0.25) is 24.4 Å². The van der Waals surface area contributed by atoms with Gasteiger partial charge in [0.2, 0.25) is 11.8 Å². The minimum atomic E-state index is -0.540. The summed E-state index contributed by atoms with van der Waals surface area (Å²) in [6, 6.07) is 5.57. The quantitative estimate of drug-likeness (QED) is 0.640. The maximum Gasteiger partial charge on any atom is 0.255 e. The van der Waals surface area contributed by atoms with Gasteiger partial charge >= 0.3 is 0 Å². The molecule has 0 bridgehead atoms. The van der Waals surface area contributed by atoms with Gasteiger partial charge in [0.05, 0.1) is 0 Å². The molecule has 6 nitrogen and oxygen atoms in total. The number of carbonyl (C=O) groups is 3. The third kappa shape index (κ3) is 3.09. The molecule has 4 rings (SSSR count). The Hall–Kier alpha value is -1.78. The molecule has 132 valence electrons. The van der Waals surface area contributed by atoms with Gasteiger partial charge in [0.25, 0.3) is 5.91 Å². The second kappa shape index (κ2) is 6.50. The molecular formula is C18H22N3O3P. The van der Waals surface area contributed by atoms with Crippen molar-refractivity contribution < 1.29 is 14.4 Å². The predicted molar refractivity (Wildman–Crippen MR) is 95.7 cm³/mol. The number of hydrogen-bond acceptors (Lipinski definition) is 4. The van der Waals surface area contributed by atoms with Gasteiger partial charge in [0.15, 0.2) is 0 Å². The second-order valence-electron chi connectivity index (χ2n) is 7.13. The van der Waals surface area contributed by atoms with E-state index in [1.807, 2.05) is 6.07 Å². The molecule has 0 spiro atoms. The molecule has 2 saturated heterocycles. The van der Waals surface area contributed by atoms with Crippen LogP contribution in [0.3, 0.4) is 0 Å². The largest absolute Gasteiger partial charge is 0.322 e. The Bertz CT molecular complexity index is 743. The molecule has 1 aromatic carbocycles. The van der Waals surface area contributed by atoms with Crippen LogP contribution in [-0.2, 0) is 16.1 Å². The summed E-state index contributed by atoms with van der Waals surface area (Å²) in [7, 11) is 2.76. The molecule has 3 heterocycles. The van der Waals surface area contributed by atoms with E-state index >= 15 is 0 Å². The van der Waals surface area contributed by atoms with Crippen LogP contribution in [-0.4, -0.2) is 46.4 Å². The van der Waals surface area contributed by atoms with Crippen molar-refractivity contribution in [1.29, 1.82) is 0 Å². The Kier molecular flexibility index (Phi) is 4.34. The first kappa shape index (κ1) is 16.7. The smallest absolute Gasteiger partial charge is 0.255 e. The van der Waals surface area contributed by atoms with E-state index in [1.54, 1.807) is 4.90 Å². The Morgan fingerprint density at radius 2 is 1.84 bits per heavy atom. The van der Waals surface area contributed by atoms with E-state index in [9.17, 15) is 14.4 Å². The Morgan fingerprint density at radius 3 is 2.56 bits per heavy atom. The maximum absolute atomic E-state index is 12.7. The molecule has 7 heteroatoms. The monoisotopic (exact) mass is 359 g/mol. The number of fused-ring (bicyclic) bond motifs is 1. The standard InChI is InChI=1S/C18H22N3O3P/c22-16-4-3-15(17(23)19-16)21-10-13-9-12(1-2-14(13)18(21)24)11-5-7-20(25)8-6-11/h1-2,9,11,15H,3-8,10,25H2,(H,19,22,23). The van der Waals surface area contributed by atoms with Crippen molar-refractivity contribution in [1.82, 2.24) is 14.9 Å². The SMILES string of the molecule is O=C1CCC(N2Cc3cc(C4CCN(P)CC4)ccc3C2=O)C(=O)N1. The highest BCUT2D eigenvalue weighted by Crippen LogP contribution is 2.34. The van der Waals surface area contributed by atoms with Crippen LogP contribution in [0.5, 0.6) is 0 Å². The summed E-state index contributed by atoms with van der Waals surface area (Å²) in [4.78, 5) is 37.8. The van der Waals surface area contributed by atoms with Crippen molar-refractivity contribution in [3.05, 3.63) is 34.9 Å². The summed E-state index contributed by atoms with van der Waals surface area (Å²) in [6.45, 7) is 2.58.